The Balaban J connectivity index is 2.22. The quantitative estimate of drug-likeness (QED) is 0.638. The maximum Gasteiger partial charge on any atom is 0.166 e. The van der Waals surface area contributed by atoms with E-state index in [2.05, 4.69) is 10.1 Å². The molecule has 20 heavy (non-hydrogen) atoms. The second-order valence-electron chi connectivity index (χ2n) is 5.20. The molecule has 3 rings (SSSR count). The third kappa shape index (κ3) is 2.07. The van der Waals surface area contributed by atoms with Crippen molar-refractivity contribution in [3.05, 3.63) is 34.5 Å². The fourth-order valence-corrected chi connectivity index (χ4v) is 2.70. The van der Waals surface area contributed by atoms with Gasteiger partial charge in [-0.3, -0.25) is 5.41 Å². The van der Waals surface area contributed by atoms with Crippen molar-refractivity contribution in [1.82, 2.24) is 19.7 Å². The number of hydrogen-bond acceptors (Lipinski definition) is 4. The van der Waals surface area contributed by atoms with E-state index in [1.54, 1.807) is 4.68 Å². The molecular formula is C14H18N6. The monoisotopic (exact) mass is 270 g/mol. The third-order valence-electron chi connectivity index (χ3n) is 3.65. The molecule has 0 aromatic carbocycles. The van der Waals surface area contributed by atoms with Crippen molar-refractivity contribution in [2.75, 3.05) is 0 Å². The lowest BCUT2D eigenvalue weighted by molar-refractivity contribution is 0.660. The topological polar surface area (TPSA) is 93.5 Å². The first kappa shape index (κ1) is 12.8. The first-order valence-corrected chi connectivity index (χ1v) is 6.84. The van der Waals surface area contributed by atoms with Crippen molar-refractivity contribution < 1.29 is 0 Å². The van der Waals surface area contributed by atoms with Crippen LogP contribution in [0.25, 0.3) is 5.82 Å². The maximum atomic E-state index is 7.80. The van der Waals surface area contributed by atoms with Crippen LogP contribution in [-0.2, 0) is 12.8 Å². The summed E-state index contributed by atoms with van der Waals surface area (Å²) in [4.78, 5) is 9.02. The molecule has 2 heterocycles. The van der Waals surface area contributed by atoms with Gasteiger partial charge < -0.3 is 5.73 Å². The Morgan fingerprint density at radius 3 is 2.65 bits per heavy atom. The first-order valence-electron chi connectivity index (χ1n) is 6.84. The maximum absolute atomic E-state index is 7.80. The van der Waals surface area contributed by atoms with Gasteiger partial charge in [-0.15, -0.1) is 5.10 Å². The number of amidine groups is 1. The first-order chi connectivity index (χ1) is 9.56. The molecule has 0 saturated carbocycles. The minimum absolute atomic E-state index is 0.0217. The van der Waals surface area contributed by atoms with Gasteiger partial charge in [-0.1, -0.05) is 0 Å². The molecule has 3 N–H and O–H groups in total. The van der Waals surface area contributed by atoms with Gasteiger partial charge in [0.05, 0.1) is 5.56 Å². The summed E-state index contributed by atoms with van der Waals surface area (Å²) >= 11 is 0. The van der Waals surface area contributed by atoms with Crippen LogP contribution in [0.15, 0.2) is 6.07 Å². The number of hydrogen-bond donors (Lipinski definition) is 2. The van der Waals surface area contributed by atoms with E-state index < -0.39 is 0 Å². The molecule has 1 aliphatic carbocycles. The summed E-state index contributed by atoms with van der Waals surface area (Å²) in [5.74, 6) is 2.09. The van der Waals surface area contributed by atoms with E-state index in [0.29, 0.717) is 17.2 Å². The molecule has 0 atom stereocenters. The number of nitrogen functional groups attached to an aromatic ring is 1. The summed E-state index contributed by atoms with van der Waals surface area (Å²) in [7, 11) is 0. The summed E-state index contributed by atoms with van der Waals surface area (Å²) in [6, 6.07) is 2.00. The van der Waals surface area contributed by atoms with Gasteiger partial charge in [-0.05, 0) is 51.2 Å². The number of aromatic nitrogens is 4. The second kappa shape index (κ2) is 4.70. The Morgan fingerprint density at radius 2 is 2.00 bits per heavy atom. The number of nitrogens with two attached hydrogens (primary N) is 1. The van der Waals surface area contributed by atoms with Crippen LogP contribution >= 0.6 is 0 Å². The summed E-state index contributed by atoms with van der Waals surface area (Å²) in [5, 5.41) is 12.2. The molecule has 0 fully saturated rings. The third-order valence-corrected chi connectivity index (χ3v) is 3.65. The van der Waals surface area contributed by atoms with Crippen molar-refractivity contribution >= 4 is 5.84 Å². The van der Waals surface area contributed by atoms with Gasteiger partial charge in [0.2, 0.25) is 0 Å². The lowest BCUT2D eigenvalue weighted by Gasteiger charge is -2.18. The van der Waals surface area contributed by atoms with Crippen molar-refractivity contribution in [1.29, 1.82) is 5.41 Å². The van der Waals surface area contributed by atoms with Crippen molar-refractivity contribution in [2.24, 2.45) is 5.73 Å². The largest absolute Gasteiger partial charge is 0.384 e. The average Bonchev–Trinajstić information content (AvgIpc) is 2.76. The van der Waals surface area contributed by atoms with E-state index in [1.165, 1.54) is 12.0 Å². The zero-order valence-electron chi connectivity index (χ0n) is 11.8. The van der Waals surface area contributed by atoms with E-state index in [-0.39, 0.29) is 5.84 Å². The van der Waals surface area contributed by atoms with Crippen molar-refractivity contribution in [2.45, 2.75) is 39.5 Å². The average molecular weight is 270 g/mol. The summed E-state index contributed by atoms with van der Waals surface area (Å²) in [6.07, 6.45) is 4.33. The van der Waals surface area contributed by atoms with Crippen molar-refractivity contribution in [3.63, 3.8) is 0 Å². The van der Waals surface area contributed by atoms with Crippen LogP contribution in [0.3, 0.4) is 0 Å². The van der Waals surface area contributed by atoms with Gasteiger partial charge in [0.25, 0.3) is 0 Å². The smallest absolute Gasteiger partial charge is 0.166 e. The summed E-state index contributed by atoms with van der Waals surface area (Å²) in [5.41, 5.74) is 8.67. The molecule has 0 aliphatic heterocycles. The number of rotatable bonds is 2. The van der Waals surface area contributed by atoms with Gasteiger partial charge in [-0.2, -0.15) is 4.68 Å². The second-order valence-corrected chi connectivity index (χ2v) is 5.20. The number of nitrogens with one attached hydrogen (secondary N) is 1. The van der Waals surface area contributed by atoms with Crippen LogP contribution in [0.5, 0.6) is 0 Å². The molecule has 0 spiro atoms. The zero-order valence-corrected chi connectivity index (χ0v) is 11.8. The van der Waals surface area contributed by atoms with E-state index in [0.717, 1.165) is 30.8 Å². The van der Waals surface area contributed by atoms with Gasteiger partial charge in [0.1, 0.15) is 17.5 Å². The van der Waals surface area contributed by atoms with Crippen LogP contribution in [0.2, 0.25) is 0 Å². The van der Waals surface area contributed by atoms with Crippen LogP contribution in [-0.4, -0.2) is 25.6 Å². The lowest BCUT2D eigenvalue weighted by Crippen LogP contribution is -2.20. The molecule has 104 valence electrons. The van der Waals surface area contributed by atoms with Gasteiger partial charge >= 0.3 is 0 Å². The van der Waals surface area contributed by atoms with Crippen LogP contribution < -0.4 is 5.73 Å². The zero-order chi connectivity index (χ0) is 14.3. The van der Waals surface area contributed by atoms with E-state index in [9.17, 15) is 0 Å². The van der Waals surface area contributed by atoms with Crippen LogP contribution in [0, 0.1) is 19.3 Å². The van der Waals surface area contributed by atoms with E-state index in [1.807, 2.05) is 19.9 Å². The fourth-order valence-electron chi connectivity index (χ4n) is 2.70. The normalized spacial score (nSPS) is 14.1. The number of pyridine rings is 1. The molecule has 0 amide bonds. The standard InChI is InChI=1S/C14H18N6/c1-8-17-9(2)20(19-8)14-11(13(15)16)7-10-5-3-4-6-12(10)18-14/h7H,3-6H2,1-2H3,(H3,15,16). The van der Waals surface area contributed by atoms with Gasteiger partial charge in [-0.25, -0.2) is 9.97 Å². The SMILES string of the molecule is Cc1nc(C)n(-c2nc3c(cc2C(=N)N)CCCC3)n1. The highest BCUT2D eigenvalue weighted by Crippen LogP contribution is 2.24. The predicted molar refractivity (Wildman–Crippen MR) is 76.3 cm³/mol. The van der Waals surface area contributed by atoms with Crippen molar-refractivity contribution in [3.8, 4) is 5.82 Å². The van der Waals surface area contributed by atoms with Crippen LogP contribution in [0.1, 0.15) is 41.3 Å². The lowest BCUT2D eigenvalue weighted by atomic mass is 9.94. The molecule has 6 heteroatoms. The molecule has 2 aromatic rings. The van der Waals surface area contributed by atoms with E-state index >= 15 is 0 Å². The minimum Gasteiger partial charge on any atom is -0.384 e. The Kier molecular flexibility index (Phi) is 3.00. The number of fused-ring (bicyclic) bond motifs is 1. The minimum atomic E-state index is 0.0217. The molecular weight excluding hydrogens is 252 g/mol. The number of nitrogens with zero attached hydrogens (tertiary/aromatic N) is 4. The van der Waals surface area contributed by atoms with E-state index in [4.69, 9.17) is 16.1 Å². The highest BCUT2D eigenvalue weighted by atomic mass is 15.4. The molecule has 6 nitrogen and oxygen atoms in total. The van der Waals surface area contributed by atoms with Crippen LogP contribution in [0.4, 0.5) is 0 Å². The molecule has 0 saturated heterocycles. The van der Waals surface area contributed by atoms with Gasteiger partial charge in [0, 0.05) is 5.69 Å². The molecule has 0 bridgehead atoms. The molecule has 0 unspecified atom stereocenters. The molecule has 1 aliphatic rings. The highest BCUT2D eigenvalue weighted by molar-refractivity contribution is 5.98. The number of aryl methyl sites for hydroxylation is 4. The Morgan fingerprint density at radius 1 is 1.25 bits per heavy atom. The summed E-state index contributed by atoms with van der Waals surface area (Å²) < 4.78 is 1.68. The predicted octanol–water partition coefficient (Wildman–Crippen LogP) is 1.44. The molecule has 0 radical (unpaired) electrons. The Labute approximate surface area is 117 Å². The van der Waals surface area contributed by atoms with Gasteiger partial charge in [0.15, 0.2) is 5.82 Å². The Hall–Kier alpha value is -2.24. The summed E-state index contributed by atoms with van der Waals surface area (Å²) in [6.45, 7) is 3.72. The fraction of sp³-hybridized carbons (Fsp3) is 0.429. The molecule has 2 aromatic heterocycles. The highest BCUT2D eigenvalue weighted by Gasteiger charge is 2.19. The Bertz CT molecular complexity index is 685.